The van der Waals surface area contributed by atoms with E-state index in [2.05, 4.69) is 5.32 Å². The minimum Gasteiger partial charge on any atom is -0.491 e. The Hall–Kier alpha value is -2.69. The predicted molar refractivity (Wildman–Crippen MR) is 90.8 cm³/mol. The van der Waals surface area contributed by atoms with E-state index in [4.69, 9.17) is 4.74 Å². The molecule has 0 heterocycles. The highest BCUT2D eigenvalue weighted by atomic mass is 19.1. The maximum atomic E-state index is 12.8. The van der Waals surface area contributed by atoms with Gasteiger partial charge >= 0.3 is 0 Å². The number of nitrogens with one attached hydrogen (secondary N) is 1. The van der Waals surface area contributed by atoms with Crippen LogP contribution in [0.25, 0.3) is 0 Å². The van der Waals surface area contributed by atoms with Gasteiger partial charge in [-0.25, -0.2) is 4.39 Å². The fourth-order valence-electron chi connectivity index (χ4n) is 2.12. The summed E-state index contributed by atoms with van der Waals surface area (Å²) in [6.07, 6.45) is 0.231. The van der Waals surface area contributed by atoms with Gasteiger partial charge in [-0.1, -0.05) is 0 Å². The van der Waals surface area contributed by atoms with Crippen LogP contribution in [0.3, 0.4) is 0 Å². The largest absolute Gasteiger partial charge is 0.491 e. The molecule has 0 saturated heterocycles. The normalized spacial score (nSPS) is 10.5. The molecule has 0 saturated carbocycles. The molecule has 0 spiro atoms. The van der Waals surface area contributed by atoms with Gasteiger partial charge in [0.25, 0.3) is 0 Å². The van der Waals surface area contributed by atoms with Crippen LogP contribution in [0.5, 0.6) is 5.75 Å². The topological polar surface area (TPSA) is 55.4 Å². The second-order valence-corrected chi connectivity index (χ2v) is 5.67. The molecular formula is C19H20FNO3. The number of amides is 1. The maximum Gasteiger partial charge on any atom is 0.224 e. The quantitative estimate of drug-likeness (QED) is 0.774. The summed E-state index contributed by atoms with van der Waals surface area (Å²) < 4.78 is 18.3. The average molecular weight is 329 g/mol. The van der Waals surface area contributed by atoms with Crippen molar-refractivity contribution in [3.8, 4) is 5.75 Å². The van der Waals surface area contributed by atoms with E-state index in [0.29, 0.717) is 11.3 Å². The molecule has 0 bridgehead atoms. The number of ether oxygens (including phenoxy) is 1. The molecule has 2 rings (SSSR count). The minimum atomic E-state index is -0.394. The van der Waals surface area contributed by atoms with Crippen molar-refractivity contribution in [1.29, 1.82) is 0 Å². The molecule has 1 N–H and O–H groups in total. The Morgan fingerprint density at radius 1 is 1.00 bits per heavy atom. The fraction of sp³-hybridized carbons (Fsp3) is 0.263. The molecule has 1 amide bonds. The lowest BCUT2D eigenvalue weighted by Crippen LogP contribution is -2.13. The van der Waals surface area contributed by atoms with Gasteiger partial charge < -0.3 is 10.1 Å². The van der Waals surface area contributed by atoms with Gasteiger partial charge in [0.05, 0.1) is 6.10 Å². The number of halogens is 1. The smallest absolute Gasteiger partial charge is 0.224 e. The third-order valence-electron chi connectivity index (χ3n) is 3.26. The van der Waals surface area contributed by atoms with Crippen LogP contribution in [0.1, 0.15) is 37.0 Å². The van der Waals surface area contributed by atoms with E-state index in [-0.39, 0.29) is 30.6 Å². The third kappa shape index (κ3) is 5.50. The van der Waals surface area contributed by atoms with Gasteiger partial charge in [-0.2, -0.15) is 0 Å². The van der Waals surface area contributed by atoms with Gasteiger partial charge in [0, 0.05) is 24.1 Å². The van der Waals surface area contributed by atoms with Crippen LogP contribution >= 0.6 is 0 Å². The number of Topliss-reactive ketones (excluding diaryl/α,β-unsaturated/α-hetero) is 1. The number of carbonyl (C=O) groups is 2. The van der Waals surface area contributed by atoms with E-state index in [1.807, 2.05) is 13.8 Å². The van der Waals surface area contributed by atoms with E-state index in [1.165, 1.54) is 24.3 Å². The van der Waals surface area contributed by atoms with Crippen molar-refractivity contribution in [2.45, 2.75) is 32.8 Å². The molecule has 0 fully saturated rings. The van der Waals surface area contributed by atoms with Crippen molar-refractivity contribution < 1.29 is 18.7 Å². The maximum absolute atomic E-state index is 12.8. The molecule has 2 aromatic carbocycles. The molecule has 0 atom stereocenters. The average Bonchev–Trinajstić information content (AvgIpc) is 2.54. The summed E-state index contributed by atoms with van der Waals surface area (Å²) in [5.74, 6) is -0.0995. The standard InChI is InChI=1S/C19H20FNO3/c1-13(2)24-17-9-7-16(8-10-17)21-19(23)12-11-18(22)14-3-5-15(20)6-4-14/h3-10,13H,11-12H2,1-2H3,(H,21,23). The Bertz CT molecular complexity index is 694. The first-order valence-electron chi connectivity index (χ1n) is 7.79. The Balaban J connectivity index is 1.82. The number of ketones is 1. The number of anilines is 1. The number of hydrogen-bond donors (Lipinski definition) is 1. The molecule has 4 nitrogen and oxygen atoms in total. The number of rotatable bonds is 7. The third-order valence-corrected chi connectivity index (χ3v) is 3.26. The predicted octanol–water partition coefficient (Wildman–Crippen LogP) is 4.21. The molecule has 0 aromatic heterocycles. The molecule has 0 aliphatic rings. The molecular weight excluding hydrogens is 309 g/mol. The van der Waals surface area contributed by atoms with E-state index in [1.54, 1.807) is 24.3 Å². The van der Waals surface area contributed by atoms with Gasteiger partial charge in [-0.3, -0.25) is 9.59 Å². The SMILES string of the molecule is CC(C)Oc1ccc(NC(=O)CCC(=O)c2ccc(F)cc2)cc1. The first-order valence-corrected chi connectivity index (χ1v) is 7.79. The van der Waals surface area contributed by atoms with Crippen LogP contribution in [0.15, 0.2) is 48.5 Å². The highest BCUT2D eigenvalue weighted by molar-refractivity contribution is 5.99. The summed E-state index contributed by atoms with van der Waals surface area (Å²) >= 11 is 0. The van der Waals surface area contributed by atoms with Gasteiger partial charge in [0.2, 0.25) is 5.91 Å². The molecule has 0 radical (unpaired) electrons. The van der Waals surface area contributed by atoms with Crippen molar-refractivity contribution in [2.24, 2.45) is 0 Å². The van der Waals surface area contributed by atoms with Crippen LogP contribution in [0.2, 0.25) is 0 Å². The van der Waals surface area contributed by atoms with E-state index >= 15 is 0 Å². The number of benzene rings is 2. The zero-order valence-electron chi connectivity index (χ0n) is 13.7. The second-order valence-electron chi connectivity index (χ2n) is 5.67. The van der Waals surface area contributed by atoms with E-state index in [9.17, 15) is 14.0 Å². The summed E-state index contributed by atoms with van der Waals surface area (Å²) in [5, 5.41) is 2.73. The zero-order chi connectivity index (χ0) is 17.5. The highest BCUT2D eigenvalue weighted by Crippen LogP contribution is 2.17. The second kappa shape index (κ2) is 8.24. The van der Waals surface area contributed by atoms with Crippen molar-refractivity contribution in [1.82, 2.24) is 0 Å². The van der Waals surface area contributed by atoms with Crippen LogP contribution in [-0.4, -0.2) is 17.8 Å². The monoisotopic (exact) mass is 329 g/mol. The lowest BCUT2D eigenvalue weighted by atomic mass is 10.1. The molecule has 126 valence electrons. The number of hydrogen-bond acceptors (Lipinski definition) is 3. The Kier molecular flexibility index (Phi) is 6.07. The van der Waals surface area contributed by atoms with Crippen molar-refractivity contribution >= 4 is 17.4 Å². The Morgan fingerprint density at radius 2 is 1.62 bits per heavy atom. The summed E-state index contributed by atoms with van der Waals surface area (Å²) in [7, 11) is 0. The van der Waals surface area contributed by atoms with Crippen LogP contribution in [0, 0.1) is 5.82 Å². The fourth-order valence-corrected chi connectivity index (χ4v) is 2.12. The lowest BCUT2D eigenvalue weighted by molar-refractivity contribution is -0.116. The van der Waals surface area contributed by atoms with Crippen molar-refractivity contribution in [2.75, 3.05) is 5.32 Å². The first kappa shape index (κ1) is 17.7. The Morgan fingerprint density at radius 3 is 2.21 bits per heavy atom. The number of carbonyl (C=O) groups excluding carboxylic acids is 2. The molecule has 0 unspecified atom stereocenters. The molecule has 2 aromatic rings. The van der Waals surface area contributed by atoms with Gasteiger partial charge in [0.15, 0.2) is 5.78 Å². The van der Waals surface area contributed by atoms with Crippen LogP contribution in [-0.2, 0) is 4.79 Å². The lowest BCUT2D eigenvalue weighted by Gasteiger charge is -2.10. The summed E-state index contributed by atoms with van der Waals surface area (Å²) in [5.41, 5.74) is 1.05. The van der Waals surface area contributed by atoms with Gasteiger partial charge in [-0.15, -0.1) is 0 Å². The summed E-state index contributed by atoms with van der Waals surface area (Å²) in [6, 6.07) is 12.3. The van der Waals surface area contributed by atoms with Crippen molar-refractivity contribution in [3.63, 3.8) is 0 Å². The summed E-state index contributed by atoms with van der Waals surface area (Å²) in [6.45, 7) is 3.88. The minimum absolute atomic E-state index is 0.0699. The molecule has 0 aliphatic heterocycles. The van der Waals surface area contributed by atoms with Gasteiger partial charge in [0.1, 0.15) is 11.6 Å². The molecule has 24 heavy (non-hydrogen) atoms. The zero-order valence-corrected chi connectivity index (χ0v) is 13.7. The van der Waals surface area contributed by atoms with Crippen molar-refractivity contribution in [3.05, 3.63) is 59.9 Å². The molecule has 0 aliphatic carbocycles. The van der Waals surface area contributed by atoms with E-state index < -0.39 is 5.82 Å². The Labute approximate surface area is 140 Å². The van der Waals surface area contributed by atoms with Crippen LogP contribution in [0.4, 0.5) is 10.1 Å². The summed E-state index contributed by atoms with van der Waals surface area (Å²) in [4.78, 5) is 23.9. The van der Waals surface area contributed by atoms with Crippen LogP contribution < -0.4 is 10.1 Å². The highest BCUT2D eigenvalue weighted by Gasteiger charge is 2.10. The van der Waals surface area contributed by atoms with E-state index in [0.717, 1.165) is 5.75 Å². The first-order chi connectivity index (χ1) is 11.4. The molecule has 5 heteroatoms. The van der Waals surface area contributed by atoms with Gasteiger partial charge in [-0.05, 0) is 62.4 Å².